The predicted molar refractivity (Wildman–Crippen MR) is 68.0 cm³/mol. The van der Waals surface area contributed by atoms with Gasteiger partial charge < -0.3 is 9.47 Å². The molecular formula is C13H15N3O3. The minimum atomic E-state index is -0.409. The van der Waals surface area contributed by atoms with Gasteiger partial charge in [0, 0.05) is 13.5 Å². The fraction of sp³-hybridized carbons (Fsp3) is 0.308. The second kappa shape index (κ2) is 5.99. The zero-order valence-corrected chi connectivity index (χ0v) is 10.9. The number of carbonyl (C=O) groups excluding carboxylic acids is 1. The molecule has 19 heavy (non-hydrogen) atoms. The SMILES string of the molecule is COc1ccccc1C(=O)OCCc1ncn(C)n1. The van der Waals surface area contributed by atoms with Crippen LogP contribution < -0.4 is 4.74 Å². The molecule has 0 aliphatic carbocycles. The summed E-state index contributed by atoms with van der Waals surface area (Å²) in [6.45, 7) is 0.237. The van der Waals surface area contributed by atoms with E-state index in [1.54, 1.807) is 42.3 Å². The molecule has 1 heterocycles. The molecule has 0 bridgehead atoms. The summed E-state index contributed by atoms with van der Waals surface area (Å²) in [5.41, 5.74) is 0.416. The maximum absolute atomic E-state index is 11.9. The van der Waals surface area contributed by atoms with Crippen molar-refractivity contribution in [3.05, 3.63) is 42.0 Å². The van der Waals surface area contributed by atoms with Crippen LogP contribution in [0, 0.1) is 0 Å². The minimum Gasteiger partial charge on any atom is -0.496 e. The zero-order chi connectivity index (χ0) is 13.7. The van der Waals surface area contributed by atoms with Crippen LogP contribution >= 0.6 is 0 Å². The third-order valence-electron chi connectivity index (χ3n) is 2.53. The predicted octanol–water partition coefficient (Wildman–Crippen LogP) is 1.22. The van der Waals surface area contributed by atoms with Gasteiger partial charge in [-0.2, -0.15) is 5.10 Å². The van der Waals surface area contributed by atoms with Crippen LogP contribution in [0.15, 0.2) is 30.6 Å². The monoisotopic (exact) mass is 261 g/mol. The first-order chi connectivity index (χ1) is 9.20. The van der Waals surface area contributed by atoms with Gasteiger partial charge in [0.05, 0.1) is 13.7 Å². The summed E-state index contributed by atoms with van der Waals surface area (Å²) < 4.78 is 11.9. The van der Waals surface area contributed by atoms with E-state index < -0.39 is 5.97 Å². The van der Waals surface area contributed by atoms with Crippen LogP contribution in [0.4, 0.5) is 0 Å². The van der Waals surface area contributed by atoms with E-state index in [9.17, 15) is 4.79 Å². The summed E-state index contributed by atoms with van der Waals surface area (Å²) in [4.78, 5) is 15.9. The molecule has 6 nitrogen and oxygen atoms in total. The van der Waals surface area contributed by atoms with Gasteiger partial charge in [0.2, 0.25) is 0 Å². The van der Waals surface area contributed by atoms with Crippen LogP contribution in [0.25, 0.3) is 0 Å². The Balaban J connectivity index is 1.90. The molecule has 0 atom stereocenters. The van der Waals surface area contributed by atoms with Crippen molar-refractivity contribution < 1.29 is 14.3 Å². The lowest BCUT2D eigenvalue weighted by molar-refractivity contribution is 0.0504. The number of esters is 1. The lowest BCUT2D eigenvalue weighted by Gasteiger charge is -2.07. The van der Waals surface area contributed by atoms with Gasteiger partial charge in [0.15, 0.2) is 5.82 Å². The van der Waals surface area contributed by atoms with Crippen molar-refractivity contribution in [2.75, 3.05) is 13.7 Å². The van der Waals surface area contributed by atoms with Crippen molar-refractivity contribution in [3.8, 4) is 5.75 Å². The summed E-state index contributed by atoms with van der Waals surface area (Å²) in [7, 11) is 3.31. The van der Waals surface area contributed by atoms with Crippen molar-refractivity contribution in [2.24, 2.45) is 7.05 Å². The van der Waals surface area contributed by atoms with Crippen LogP contribution in [0.5, 0.6) is 5.75 Å². The number of methoxy groups -OCH3 is 1. The molecule has 0 N–H and O–H groups in total. The van der Waals surface area contributed by atoms with Crippen molar-refractivity contribution >= 4 is 5.97 Å². The molecule has 0 fully saturated rings. The van der Waals surface area contributed by atoms with Crippen molar-refractivity contribution in [3.63, 3.8) is 0 Å². The Hall–Kier alpha value is -2.37. The number of nitrogens with zero attached hydrogens (tertiary/aromatic N) is 3. The highest BCUT2D eigenvalue weighted by molar-refractivity contribution is 5.92. The minimum absolute atomic E-state index is 0.237. The van der Waals surface area contributed by atoms with E-state index in [0.29, 0.717) is 23.6 Å². The number of aryl methyl sites for hydroxylation is 1. The molecule has 1 aromatic carbocycles. The molecule has 100 valence electrons. The molecule has 0 saturated carbocycles. The molecule has 6 heteroatoms. The molecule has 0 spiro atoms. The average molecular weight is 261 g/mol. The Kier molecular flexibility index (Phi) is 4.12. The first-order valence-corrected chi connectivity index (χ1v) is 5.85. The normalized spacial score (nSPS) is 10.2. The van der Waals surface area contributed by atoms with E-state index >= 15 is 0 Å². The lowest BCUT2D eigenvalue weighted by atomic mass is 10.2. The number of rotatable bonds is 5. The smallest absolute Gasteiger partial charge is 0.341 e. The Labute approximate surface area is 111 Å². The highest BCUT2D eigenvalue weighted by Crippen LogP contribution is 2.18. The summed E-state index contributed by atoms with van der Waals surface area (Å²) in [6.07, 6.45) is 2.10. The van der Waals surface area contributed by atoms with E-state index in [1.165, 1.54) is 7.11 Å². The van der Waals surface area contributed by atoms with Crippen molar-refractivity contribution in [1.29, 1.82) is 0 Å². The van der Waals surface area contributed by atoms with Crippen LogP contribution in [0.1, 0.15) is 16.2 Å². The molecular weight excluding hydrogens is 246 g/mol. The highest BCUT2D eigenvalue weighted by Gasteiger charge is 2.12. The third kappa shape index (κ3) is 3.31. The number of aromatic nitrogens is 3. The van der Waals surface area contributed by atoms with E-state index in [4.69, 9.17) is 9.47 Å². The second-order valence-electron chi connectivity index (χ2n) is 3.92. The summed E-state index contributed by atoms with van der Waals surface area (Å²) in [5.74, 6) is 0.743. The number of hydrogen-bond donors (Lipinski definition) is 0. The maximum Gasteiger partial charge on any atom is 0.341 e. The summed E-state index contributed by atoms with van der Waals surface area (Å²) in [6, 6.07) is 6.95. The van der Waals surface area contributed by atoms with Gasteiger partial charge in [-0.05, 0) is 12.1 Å². The molecule has 0 saturated heterocycles. The van der Waals surface area contributed by atoms with E-state index in [1.807, 2.05) is 0 Å². The van der Waals surface area contributed by atoms with Gasteiger partial charge in [-0.25, -0.2) is 9.78 Å². The fourth-order valence-corrected chi connectivity index (χ4v) is 1.62. The Bertz CT molecular complexity index is 566. The van der Waals surface area contributed by atoms with E-state index in [0.717, 1.165) is 0 Å². The van der Waals surface area contributed by atoms with Crippen LogP contribution in [0.3, 0.4) is 0 Å². The maximum atomic E-state index is 11.9. The van der Waals surface area contributed by atoms with Crippen molar-refractivity contribution in [2.45, 2.75) is 6.42 Å². The second-order valence-corrected chi connectivity index (χ2v) is 3.92. The van der Waals surface area contributed by atoms with Gasteiger partial charge in [0.25, 0.3) is 0 Å². The quantitative estimate of drug-likeness (QED) is 0.757. The highest BCUT2D eigenvalue weighted by atomic mass is 16.5. The van der Waals surface area contributed by atoms with Gasteiger partial charge in [-0.1, -0.05) is 12.1 Å². The number of ether oxygens (including phenoxy) is 2. The van der Waals surface area contributed by atoms with Crippen LogP contribution in [-0.4, -0.2) is 34.5 Å². The van der Waals surface area contributed by atoms with Gasteiger partial charge in [0.1, 0.15) is 17.6 Å². The van der Waals surface area contributed by atoms with E-state index in [-0.39, 0.29) is 6.61 Å². The Morgan fingerprint density at radius 2 is 2.16 bits per heavy atom. The van der Waals surface area contributed by atoms with Crippen LogP contribution in [-0.2, 0) is 18.2 Å². The van der Waals surface area contributed by atoms with Gasteiger partial charge >= 0.3 is 5.97 Å². The molecule has 2 aromatic rings. The Morgan fingerprint density at radius 1 is 1.37 bits per heavy atom. The number of hydrogen-bond acceptors (Lipinski definition) is 5. The Morgan fingerprint density at radius 3 is 2.84 bits per heavy atom. The van der Waals surface area contributed by atoms with Gasteiger partial charge in [-0.3, -0.25) is 4.68 Å². The standard InChI is InChI=1S/C13H15N3O3/c1-16-9-14-12(15-16)7-8-19-13(17)10-5-3-4-6-11(10)18-2/h3-6,9H,7-8H2,1-2H3. The summed E-state index contributed by atoms with van der Waals surface area (Å²) in [5, 5.41) is 4.10. The molecule has 0 radical (unpaired) electrons. The number of benzene rings is 1. The van der Waals surface area contributed by atoms with E-state index in [2.05, 4.69) is 10.1 Å². The summed E-state index contributed by atoms with van der Waals surface area (Å²) >= 11 is 0. The molecule has 0 aliphatic rings. The molecule has 0 aliphatic heterocycles. The third-order valence-corrected chi connectivity index (χ3v) is 2.53. The van der Waals surface area contributed by atoms with Crippen molar-refractivity contribution in [1.82, 2.24) is 14.8 Å². The average Bonchev–Trinajstić information content (AvgIpc) is 2.84. The molecule has 0 unspecified atom stereocenters. The molecule has 0 amide bonds. The number of para-hydroxylation sites is 1. The zero-order valence-electron chi connectivity index (χ0n) is 10.9. The molecule has 2 rings (SSSR count). The first-order valence-electron chi connectivity index (χ1n) is 5.85. The van der Waals surface area contributed by atoms with Crippen LogP contribution in [0.2, 0.25) is 0 Å². The van der Waals surface area contributed by atoms with Gasteiger partial charge in [-0.15, -0.1) is 0 Å². The lowest BCUT2D eigenvalue weighted by Crippen LogP contribution is -2.10. The molecule has 1 aromatic heterocycles. The largest absolute Gasteiger partial charge is 0.496 e. The topological polar surface area (TPSA) is 66.2 Å². The fourth-order valence-electron chi connectivity index (χ4n) is 1.62. The first kappa shape index (κ1) is 13.1. The number of carbonyl (C=O) groups is 1.